The zero-order valence-electron chi connectivity index (χ0n) is 10.5. The average Bonchev–Trinajstić information content (AvgIpc) is 2.33. The van der Waals surface area contributed by atoms with Gasteiger partial charge in [0.2, 0.25) is 0 Å². The van der Waals surface area contributed by atoms with E-state index in [4.69, 9.17) is 5.84 Å². The molecule has 0 saturated carbocycles. The number of methoxy groups -OCH3 is 1. The van der Waals surface area contributed by atoms with E-state index in [1.54, 1.807) is 0 Å². The van der Waals surface area contributed by atoms with Crippen LogP contribution in [0, 0.1) is 11.7 Å². The molecule has 0 spiro atoms. The average molecular weight is 320 g/mol. The molecule has 1 aromatic carbocycles. The highest BCUT2D eigenvalue weighted by Gasteiger charge is 2.60. The summed E-state index contributed by atoms with van der Waals surface area (Å²) in [5, 5.41) is 0. The van der Waals surface area contributed by atoms with E-state index >= 15 is 0 Å². The predicted molar refractivity (Wildman–Crippen MR) is 58.6 cm³/mol. The second-order valence-corrected chi connectivity index (χ2v) is 4.07. The molecular weight excluding hydrogens is 309 g/mol. The maximum absolute atomic E-state index is 13.9. The maximum atomic E-state index is 13.9. The van der Waals surface area contributed by atoms with E-state index in [0.29, 0.717) is 0 Å². The molecule has 3 N–H and O–H groups in total. The molecule has 0 radical (unpaired) electrons. The SMILES string of the molecule is COc1cccc(C(NN)C(C(F)(F)F)C(F)(F)F)c1F. The Kier molecular flexibility index (Phi) is 5.05. The van der Waals surface area contributed by atoms with Crippen LogP contribution in [0.1, 0.15) is 11.6 Å². The number of alkyl halides is 6. The normalized spacial score (nSPS) is 14.4. The summed E-state index contributed by atoms with van der Waals surface area (Å²) in [5.41, 5.74) is 0.496. The largest absolute Gasteiger partial charge is 0.494 e. The molecule has 0 aliphatic heterocycles. The number of ether oxygens (including phenoxy) is 1. The topological polar surface area (TPSA) is 47.3 Å². The number of benzene rings is 1. The van der Waals surface area contributed by atoms with Crippen LogP contribution in [0.25, 0.3) is 0 Å². The van der Waals surface area contributed by atoms with Gasteiger partial charge in [-0.1, -0.05) is 12.1 Å². The molecule has 0 aliphatic rings. The lowest BCUT2D eigenvalue weighted by atomic mass is 9.91. The highest BCUT2D eigenvalue weighted by Crippen LogP contribution is 2.47. The number of rotatable bonds is 4. The van der Waals surface area contributed by atoms with Crippen molar-refractivity contribution in [3.8, 4) is 5.75 Å². The van der Waals surface area contributed by atoms with E-state index in [1.807, 2.05) is 0 Å². The second-order valence-electron chi connectivity index (χ2n) is 4.07. The van der Waals surface area contributed by atoms with Crippen molar-refractivity contribution in [2.24, 2.45) is 11.8 Å². The number of nitrogens with one attached hydrogen (secondary N) is 1. The second kappa shape index (κ2) is 6.06. The number of halogens is 7. The van der Waals surface area contributed by atoms with Crippen LogP contribution in [0.3, 0.4) is 0 Å². The van der Waals surface area contributed by atoms with E-state index in [2.05, 4.69) is 4.74 Å². The number of hydrogen-bond acceptors (Lipinski definition) is 3. The van der Waals surface area contributed by atoms with Gasteiger partial charge in [-0.15, -0.1) is 0 Å². The molecule has 0 aliphatic carbocycles. The highest BCUT2D eigenvalue weighted by molar-refractivity contribution is 5.33. The molecule has 21 heavy (non-hydrogen) atoms. The number of nitrogens with two attached hydrogens (primary N) is 1. The minimum Gasteiger partial charge on any atom is -0.494 e. The van der Waals surface area contributed by atoms with Crippen LogP contribution in [0.15, 0.2) is 18.2 Å². The molecule has 0 aromatic heterocycles. The Bertz CT molecular complexity index is 472. The van der Waals surface area contributed by atoms with Crippen LogP contribution in [-0.2, 0) is 0 Å². The van der Waals surface area contributed by atoms with E-state index < -0.39 is 41.4 Å². The van der Waals surface area contributed by atoms with Gasteiger partial charge in [-0.2, -0.15) is 26.3 Å². The van der Waals surface area contributed by atoms with Gasteiger partial charge in [-0.25, -0.2) is 4.39 Å². The van der Waals surface area contributed by atoms with Gasteiger partial charge in [-0.3, -0.25) is 11.3 Å². The molecular formula is C11H11F7N2O. The molecule has 0 bridgehead atoms. The summed E-state index contributed by atoms with van der Waals surface area (Å²) in [4.78, 5) is 0. The zero-order valence-corrected chi connectivity index (χ0v) is 10.5. The quantitative estimate of drug-likeness (QED) is 0.509. The van der Waals surface area contributed by atoms with Gasteiger partial charge in [0.1, 0.15) is 0 Å². The van der Waals surface area contributed by atoms with Crippen molar-refractivity contribution in [3.63, 3.8) is 0 Å². The van der Waals surface area contributed by atoms with Crippen molar-refractivity contribution in [3.05, 3.63) is 29.6 Å². The van der Waals surface area contributed by atoms with Crippen LogP contribution in [0.2, 0.25) is 0 Å². The van der Waals surface area contributed by atoms with Gasteiger partial charge in [0.15, 0.2) is 17.5 Å². The molecule has 1 aromatic rings. The monoisotopic (exact) mass is 320 g/mol. The van der Waals surface area contributed by atoms with Gasteiger partial charge >= 0.3 is 12.4 Å². The van der Waals surface area contributed by atoms with Gasteiger partial charge in [0.25, 0.3) is 0 Å². The molecule has 1 atom stereocenters. The number of hydrazine groups is 1. The van der Waals surface area contributed by atoms with Crippen LogP contribution in [0.4, 0.5) is 30.7 Å². The van der Waals surface area contributed by atoms with Gasteiger partial charge < -0.3 is 4.74 Å². The Labute approximate surface area is 114 Å². The maximum Gasteiger partial charge on any atom is 0.402 e. The van der Waals surface area contributed by atoms with Crippen LogP contribution in [0.5, 0.6) is 5.75 Å². The van der Waals surface area contributed by atoms with E-state index in [1.165, 1.54) is 5.43 Å². The number of hydrogen-bond donors (Lipinski definition) is 2. The van der Waals surface area contributed by atoms with Crippen molar-refractivity contribution in [1.29, 1.82) is 0 Å². The Morgan fingerprint density at radius 2 is 1.62 bits per heavy atom. The van der Waals surface area contributed by atoms with Crippen LogP contribution in [-0.4, -0.2) is 19.5 Å². The first kappa shape index (κ1) is 17.5. The Morgan fingerprint density at radius 1 is 1.10 bits per heavy atom. The zero-order chi connectivity index (χ0) is 16.4. The molecule has 0 amide bonds. The minimum atomic E-state index is -5.66. The van der Waals surface area contributed by atoms with Crippen molar-refractivity contribution >= 4 is 0 Å². The van der Waals surface area contributed by atoms with Gasteiger partial charge in [0.05, 0.1) is 13.2 Å². The van der Waals surface area contributed by atoms with Gasteiger partial charge in [0, 0.05) is 5.56 Å². The first-order valence-electron chi connectivity index (χ1n) is 5.46. The van der Waals surface area contributed by atoms with E-state index in [-0.39, 0.29) is 0 Å². The summed E-state index contributed by atoms with van der Waals surface area (Å²) in [6, 6.07) is 0.348. The molecule has 10 heteroatoms. The smallest absolute Gasteiger partial charge is 0.402 e. The minimum absolute atomic E-state index is 0.490. The summed E-state index contributed by atoms with van der Waals surface area (Å²) in [5.74, 6) is -0.898. The van der Waals surface area contributed by atoms with Crippen LogP contribution < -0.4 is 16.0 Å². The summed E-state index contributed by atoms with van der Waals surface area (Å²) in [6.45, 7) is 0. The third-order valence-electron chi connectivity index (χ3n) is 2.77. The third kappa shape index (κ3) is 3.76. The van der Waals surface area contributed by atoms with Crippen molar-refractivity contribution in [1.82, 2.24) is 5.43 Å². The third-order valence-corrected chi connectivity index (χ3v) is 2.77. The summed E-state index contributed by atoms with van der Waals surface area (Å²) in [7, 11) is 1.03. The van der Waals surface area contributed by atoms with Crippen LogP contribution >= 0.6 is 0 Å². The molecule has 1 rings (SSSR count). The fourth-order valence-electron chi connectivity index (χ4n) is 1.85. The lowest BCUT2D eigenvalue weighted by molar-refractivity contribution is -0.293. The molecule has 120 valence electrons. The molecule has 3 nitrogen and oxygen atoms in total. The van der Waals surface area contributed by atoms with E-state index in [0.717, 1.165) is 25.3 Å². The lowest BCUT2D eigenvalue weighted by Gasteiger charge is -2.30. The van der Waals surface area contributed by atoms with Crippen molar-refractivity contribution in [2.45, 2.75) is 18.4 Å². The lowest BCUT2D eigenvalue weighted by Crippen LogP contribution is -2.48. The van der Waals surface area contributed by atoms with E-state index in [9.17, 15) is 30.7 Å². The Morgan fingerprint density at radius 3 is 2.00 bits per heavy atom. The fraction of sp³-hybridized carbons (Fsp3) is 0.455. The fourth-order valence-corrected chi connectivity index (χ4v) is 1.85. The first-order valence-corrected chi connectivity index (χ1v) is 5.46. The Hall–Kier alpha value is -1.55. The first-order chi connectivity index (χ1) is 9.54. The molecule has 0 saturated heterocycles. The molecule has 1 unspecified atom stereocenters. The summed E-state index contributed by atoms with van der Waals surface area (Å²) < 4.78 is 94.5. The Balaban J connectivity index is 3.41. The summed E-state index contributed by atoms with van der Waals surface area (Å²) >= 11 is 0. The highest BCUT2D eigenvalue weighted by atomic mass is 19.4. The van der Waals surface area contributed by atoms with Crippen molar-refractivity contribution in [2.75, 3.05) is 7.11 Å². The molecule has 0 fully saturated rings. The van der Waals surface area contributed by atoms with Gasteiger partial charge in [-0.05, 0) is 6.07 Å². The van der Waals surface area contributed by atoms with Crippen molar-refractivity contribution < 1.29 is 35.5 Å². The predicted octanol–water partition coefficient (Wildman–Crippen LogP) is 3.08. The standard InChI is InChI=1S/C11H11F7N2O/c1-21-6-4-2-3-5(7(6)12)8(20-19)9(10(13,14)15)11(16,17)18/h2-4,8-9,20H,19H2,1H3. The summed E-state index contributed by atoms with van der Waals surface area (Å²) in [6.07, 6.45) is -11.3. The molecule has 0 heterocycles.